The van der Waals surface area contributed by atoms with E-state index in [2.05, 4.69) is 22.8 Å². The molecule has 0 saturated heterocycles. The van der Waals surface area contributed by atoms with Gasteiger partial charge in [0.05, 0.1) is 16.8 Å². The number of hydrogen-bond acceptors (Lipinski definition) is 4. The second-order valence-electron chi connectivity index (χ2n) is 8.36. The molecule has 0 radical (unpaired) electrons. The van der Waals surface area contributed by atoms with Crippen LogP contribution in [0, 0.1) is 6.92 Å². The van der Waals surface area contributed by atoms with Gasteiger partial charge >= 0.3 is 0 Å². The van der Waals surface area contributed by atoms with E-state index in [0.717, 1.165) is 50.5 Å². The molecular formula is C27H21Cl2N5. The molecule has 0 fully saturated rings. The fourth-order valence-electron chi connectivity index (χ4n) is 4.58. The number of benzene rings is 3. The average Bonchev–Trinajstić information content (AvgIpc) is 3.20. The summed E-state index contributed by atoms with van der Waals surface area (Å²) >= 11 is 12.3. The van der Waals surface area contributed by atoms with E-state index in [1.165, 1.54) is 0 Å². The van der Waals surface area contributed by atoms with E-state index in [-0.39, 0.29) is 6.17 Å². The van der Waals surface area contributed by atoms with Crippen molar-refractivity contribution in [1.82, 2.24) is 20.1 Å². The minimum atomic E-state index is -0.0815. The van der Waals surface area contributed by atoms with Crippen molar-refractivity contribution in [2.45, 2.75) is 19.6 Å². The number of halogens is 2. The molecular weight excluding hydrogens is 465 g/mol. The maximum Gasteiger partial charge on any atom is 0.166 e. The molecule has 0 saturated carbocycles. The normalized spacial score (nSPS) is 15.2. The molecule has 7 heteroatoms. The van der Waals surface area contributed by atoms with E-state index >= 15 is 0 Å². The van der Waals surface area contributed by atoms with Gasteiger partial charge in [0.1, 0.15) is 12.0 Å². The van der Waals surface area contributed by atoms with Gasteiger partial charge in [-0.05, 0) is 54.4 Å². The Balaban J connectivity index is 1.58. The van der Waals surface area contributed by atoms with Crippen LogP contribution in [0.15, 0.2) is 78.9 Å². The molecule has 5 aromatic rings. The molecule has 6 rings (SSSR count). The molecule has 0 spiro atoms. The summed E-state index contributed by atoms with van der Waals surface area (Å²) in [5.74, 6) is 0.841. The lowest BCUT2D eigenvalue weighted by molar-refractivity contribution is 0.563. The molecule has 2 N–H and O–H groups in total. The Morgan fingerprint density at radius 1 is 0.882 bits per heavy atom. The van der Waals surface area contributed by atoms with Crippen LogP contribution in [0.2, 0.25) is 10.0 Å². The zero-order valence-corrected chi connectivity index (χ0v) is 19.9. The van der Waals surface area contributed by atoms with Gasteiger partial charge in [-0.2, -0.15) is 5.10 Å². The SMILES string of the molecule is Cc1nn(-c2ccccc2)c2nc3c(c(-c4ccc(Cl)cc4)c12)CNC(c1ccc(Cl)cc1)N3. The highest BCUT2D eigenvalue weighted by molar-refractivity contribution is 6.30. The quantitative estimate of drug-likeness (QED) is 0.291. The molecule has 0 aliphatic carbocycles. The fraction of sp³-hybridized carbons (Fsp3) is 0.111. The molecule has 1 unspecified atom stereocenters. The van der Waals surface area contributed by atoms with Gasteiger partial charge in [0.25, 0.3) is 0 Å². The second kappa shape index (κ2) is 8.44. The Morgan fingerprint density at radius 3 is 2.26 bits per heavy atom. The maximum atomic E-state index is 6.21. The van der Waals surface area contributed by atoms with E-state index in [1.54, 1.807) is 0 Å². The van der Waals surface area contributed by atoms with E-state index < -0.39 is 0 Å². The van der Waals surface area contributed by atoms with Crippen molar-refractivity contribution < 1.29 is 0 Å². The highest BCUT2D eigenvalue weighted by Crippen LogP contribution is 2.40. The number of anilines is 1. The smallest absolute Gasteiger partial charge is 0.166 e. The van der Waals surface area contributed by atoms with Crippen LogP contribution in [-0.4, -0.2) is 14.8 Å². The van der Waals surface area contributed by atoms with Gasteiger partial charge in [0, 0.05) is 27.7 Å². The van der Waals surface area contributed by atoms with E-state index in [1.807, 2.05) is 78.3 Å². The van der Waals surface area contributed by atoms with Crippen LogP contribution in [0.25, 0.3) is 27.8 Å². The summed E-state index contributed by atoms with van der Waals surface area (Å²) in [4.78, 5) is 5.11. The summed E-state index contributed by atoms with van der Waals surface area (Å²) < 4.78 is 1.92. The van der Waals surface area contributed by atoms with Crippen molar-refractivity contribution in [1.29, 1.82) is 0 Å². The lowest BCUT2D eigenvalue weighted by Gasteiger charge is -2.30. The molecule has 5 nitrogen and oxygen atoms in total. The van der Waals surface area contributed by atoms with Crippen molar-refractivity contribution in [2.75, 3.05) is 5.32 Å². The first-order valence-electron chi connectivity index (χ1n) is 11.1. The maximum absolute atomic E-state index is 6.21. The van der Waals surface area contributed by atoms with Crippen molar-refractivity contribution >= 4 is 40.1 Å². The number of nitrogens with zero attached hydrogens (tertiary/aromatic N) is 3. The Hall–Kier alpha value is -3.38. The number of hydrogen-bond donors (Lipinski definition) is 2. The third-order valence-corrected chi connectivity index (χ3v) is 6.70. The Morgan fingerprint density at radius 2 is 1.56 bits per heavy atom. The van der Waals surface area contributed by atoms with Gasteiger partial charge in [0.2, 0.25) is 0 Å². The number of rotatable bonds is 3. The topological polar surface area (TPSA) is 54.8 Å². The van der Waals surface area contributed by atoms with Gasteiger partial charge < -0.3 is 5.32 Å². The predicted octanol–water partition coefficient (Wildman–Crippen LogP) is 6.92. The van der Waals surface area contributed by atoms with E-state index in [9.17, 15) is 0 Å². The van der Waals surface area contributed by atoms with E-state index in [4.69, 9.17) is 33.3 Å². The third-order valence-electron chi connectivity index (χ3n) is 6.19. The second-order valence-corrected chi connectivity index (χ2v) is 9.23. The minimum absolute atomic E-state index is 0.0815. The number of para-hydroxylation sites is 1. The third kappa shape index (κ3) is 3.62. The molecule has 1 atom stereocenters. The number of nitrogens with one attached hydrogen (secondary N) is 2. The molecule has 34 heavy (non-hydrogen) atoms. The van der Waals surface area contributed by atoms with Gasteiger partial charge in [-0.25, -0.2) is 9.67 Å². The number of fused-ring (bicyclic) bond motifs is 2. The van der Waals surface area contributed by atoms with Crippen LogP contribution in [0.5, 0.6) is 0 Å². The lowest BCUT2D eigenvalue weighted by Crippen LogP contribution is -2.33. The first-order chi connectivity index (χ1) is 16.6. The van der Waals surface area contributed by atoms with Crippen LogP contribution < -0.4 is 10.6 Å². The molecule has 168 valence electrons. The Bertz CT molecular complexity index is 1490. The summed E-state index contributed by atoms with van der Waals surface area (Å²) in [6.45, 7) is 2.70. The first kappa shape index (κ1) is 21.2. The Kier molecular flexibility index (Phi) is 5.26. The summed E-state index contributed by atoms with van der Waals surface area (Å²) in [6.07, 6.45) is -0.0815. The molecule has 0 amide bonds. The zero-order chi connectivity index (χ0) is 23.2. The van der Waals surface area contributed by atoms with Crippen LogP contribution >= 0.6 is 23.2 Å². The first-order valence-corrected chi connectivity index (χ1v) is 11.8. The largest absolute Gasteiger partial charge is 0.350 e. The number of aryl methyl sites for hydroxylation is 1. The van der Waals surface area contributed by atoms with Crippen molar-refractivity contribution in [2.24, 2.45) is 0 Å². The van der Waals surface area contributed by atoms with Gasteiger partial charge in [-0.3, -0.25) is 5.32 Å². The summed E-state index contributed by atoms with van der Waals surface area (Å²) in [5.41, 5.74) is 7.12. The lowest BCUT2D eigenvalue weighted by atomic mass is 9.95. The average molecular weight is 486 g/mol. The highest BCUT2D eigenvalue weighted by Gasteiger charge is 2.27. The molecule has 0 bridgehead atoms. The zero-order valence-electron chi connectivity index (χ0n) is 18.4. The van der Waals surface area contributed by atoms with E-state index in [0.29, 0.717) is 16.6 Å². The number of pyridine rings is 1. The van der Waals surface area contributed by atoms with Crippen molar-refractivity contribution in [3.05, 3.63) is 106 Å². The molecule has 1 aliphatic rings. The highest BCUT2D eigenvalue weighted by atomic mass is 35.5. The van der Waals surface area contributed by atoms with Crippen LogP contribution in [-0.2, 0) is 6.54 Å². The molecule has 3 aromatic carbocycles. The standard InChI is InChI=1S/C27H21Cl2N5/c1-16-23-24(17-7-11-19(28)12-8-17)22-15-30-25(18-9-13-20(29)14-10-18)31-26(22)32-27(23)34(33-16)21-5-3-2-4-6-21/h2-14,25,30H,15H2,1H3,(H,31,32). The van der Waals surface area contributed by atoms with Crippen molar-refractivity contribution in [3.63, 3.8) is 0 Å². The Labute approximate surface area is 207 Å². The van der Waals surface area contributed by atoms with Crippen LogP contribution in [0.3, 0.4) is 0 Å². The molecule has 1 aliphatic heterocycles. The summed E-state index contributed by atoms with van der Waals surface area (Å²) in [5, 5.41) is 14.6. The molecule has 3 heterocycles. The number of aromatic nitrogens is 3. The van der Waals surface area contributed by atoms with Crippen molar-refractivity contribution in [3.8, 4) is 16.8 Å². The monoisotopic (exact) mass is 485 g/mol. The van der Waals surface area contributed by atoms with Gasteiger partial charge in [-0.1, -0.05) is 65.7 Å². The summed E-state index contributed by atoms with van der Waals surface area (Å²) in [7, 11) is 0. The van der Waals surface area contributed by atoms with Gasteiger partial charge in [-0.15, -0.1) is 0 Å². The predicted molar refractivity (Wildman–Crippen MR) is 139 cm³/mol. The van der Waals surface area contributed by atoms with Crippen LogP contribution in [0.1, 0.15) is 23.0 Å². The van der Waals surface area contributed by atoms with Gasteiger partial charge in [0.15, 0.2) is 5.65 Å². The minimum Gasteiger partial charge on any atom is -0.350 e. The summed E-state index contributed by atoms with van der Waals surface area (Å²) in [6, 6.07) is 25.9. The fourth-order valence-corrected chi connectivity index (χ4v) is 4.83. The molecule has 2 aromatic heterocycles. The van der Waals surface area contributed by atoms with Crippen LogP contribution in [0.4, 0.5) is 5.82 Å².